The van der Waals surface area contributed by atoms with Crippen LogP contribution < -0.4 is 41.5 Å². The number of ether oxygens (including phenoxy) is 2. The van der Waals surface area contributed by atoms with E-state index in [0.29, 0.717) is 52.0 Å². The Morgan fingerprint density at radius 3 is 2.47 bits per heavy atom. The van der Waals surface area contributed by atoms with E-state index in [1.807, 2.05) is 30.6 Å². The number of nitrogen functional groups attached to an aromatic ring is 1. The molecule has 30 heteroatoms. The van der Waals surface area contributed by atoms with E-state index in [4.69, 9.17) is 30.0 Å². The van der Waals surface area contributed by atoms with Crippen molar-refractivity contribution in [2.45, 2.75) is 90.3 Å². The van der Waals surface area contributed by atoms with Gasteiger partial charge < -0.3 is 54.7 Å². The Labute approximate surface area is 422 Å². The molecule has 1 fully saturated rings. The number of benzene rings is 2. The molecule has 26 nitrogen and oxygen atoms in total. The number of hydrogen-bond donors (Lipinski definition) is 9. The molecule has 1 saturated heterocycles. The summed E-state index contributed by atoms with van der Waals surface area (Å²) in [6.45, 7) is 12.2. The number of aliphatic hydroxyl groups is 1. The summed E-state index contributed by atoms with van der Waals surface area (Å²) in [6.07, 6.45) is 1.60. The molecule has 74 heavy (non-hydrogen) atoms. The predicted octanol–water partition coefficient (Wildman–Crippen LogP) is 2.88. The van der Waals surface area contributed by atoms with Crippen molar-refractivity contribution in [3.8, 4) is 23.3 Å². The molecule has 0 bridgehead atoms. The van der Waals surface area contributed by atoms with Crippen molar-refractivity contribution >= 4 is 79.0 Å². The summed E-state index contributed by atoms with van der Waals surface area (Å²) >= 11 is 0. The number of likely N-dealkylation sites (N-methyl/N-ethyl adjacent to an activating group) is 1. The molecule has 0 aliphatic carbocycles. The Bertz CT molecular complexity index is 3600. The second kappa shape index (κ2) is 20.0. The zero-order valence-electron chi connectivity index (χ0n) is 40.6. The van der Waals surface area contributed by atoms with E-state index in [2.05, 4.69) is 78.9 Å². The molecule has 4 aliphatic rings. The van der Waals surface area contributed by atoms with Crippen molar-refractivity contribution in [1.82, 2.24) is 24.4 Å². The van der Waals surface area contributed by atoms with E-state index in [9.17, 15) is 51.1 Å². The first-order valence-corrected chi connectivity index (χ1v) is 28.9. The summed E-state index contributed by atoms with van der Waals surface area (Å²) in [5, 5.41) is 14.5. The van der Waals surface area contributed by atoms with Crippen molar-refractivity contribution in [2.75, 3.05) is 42.6 Å². The Morgan fingerprint density at radius 2 is 1.78 bits per heavy atom. The van der Waals surface area contributed by atoms with Crippen LogP contribution in [-0.2, 0) is 46.5 Å². The van der Waals surface area contributed by atoms with Gasteiger partial charge in [-0.15, -0.1) is 0 Å². The standard InChI is InChI=1S/C44H53N8O18P3S/c1-7-51-31-16-34-29(14-27(31)24(2)19-43(51,3)4)47-30-15-28-26(23-74(63,64)65)20-44(5,6)52(32(28)17-35(30)67-34)13-9-11-37(54)46-12-8-10-25-21-50(40-39(25)41(55)49-42(45)48-40)38-18-33(53)36(68-38)22-66-72(59,60)70-73(61,62)69-71(56,57)58/h14-17,19-21,33,36,38,53H,7,9,11-13,18,22-23H2,1-6H3,(H8-,45,46,48,49,54,55,56,57,58,59,60,61,62,63,64,65)/p+1/t33-,36+,38+/m0/s1. The van der Waals surface area contributed by atoms with Gasteiger partial charge in [-0.25, -0.2) is 23.3 Å². The Balaban J connectivity index is 0.967. The largest absolute Gasteiger partial charge is 0.490 e. The minimum absolute atomic E-state index is 0.0301. The van der Waals surface area contributed by atoms with Gasteiger partial charge in [0.1, 0.15) is 35.7 Å². The normalized spacial score (nSPS) is 21.3. The van der Waals surface area contributed by atoms with Gasteiger partial charge in [-0.1, -0.05) is 17.9 Å². The van der Waals surface area contributed by atoms with Gasteiger partial charge in [0.25, 0.3) is 15.7 Å². The quantitative estimate of drug-likeness (QED) is 0.0297. The number of hydrogen-bond acceptors (Lipinski definition) is 17. The molecular formula is C44H54N8O18P3S+. The molecule has 1 amide bonds. The summed E-state index contributed by atoms with van der Waals surface area (Å²) in [7, 11) is -21.4. The lowest BCUT2D eigenvalue weighted by atomic mass is 9.88. The van der Waals surface area contributed by atoms with E-state index in [0.717, 1.165) is 23.4 Å². The van der Waals surface area contributed by atoms with Crippen LogP contribution in [0.4, 0.5) is 17.3 Å². The molecule has 4 aliphatic heterocycles. The van der Waals surface area contributed by atoms with Gasteiger partial charge in [-0.2, -0.15) is 22.0 Å². The molecule has 0 saturated carbocycles. The highest BCUT2D eigenvalue weighted by molar-refractivity contribution is 7.86. The number of nitrogens with zero attached hydrogens (tertiary/aromatic N) is 5. The number of aliphatic hydroxyl groups excluding tert-OH is 1. The SMILES string of the molecule is CCN1c2cc3c(cc2C(C)=CC1(C)C)N=c1cc2c(cc1O3)=[N+](CCCC(=O)NCC#Cc1cn([C@H]3C[C@H](O)[C@@H](COP(=O)(O)OP(=O)(O)OP(=O)(O)O)O3)c3nc(N)[nH]c(=O)c13)C(C)(C)C=C2CS(=O)(=O)O. The van der Waals surface area contributed by atoms with Gasteiger partial charge >= 0.3 is 23.5 Å². The fourth-order valence-electron chi connectivity index (χ4n) is 9.67. The minimum Gasteiger partial charge on any atom is -0.452 e. The predicted molar refractivity (Wildman–Crippen MR) is 267 cm³/mol. The third-order valence-corrected chi connectivity index (χ3v) is 17.0. The van der Waals surface area contributed by atoms with E-state index in [-0.39, 0.29) is 53.4 Å². The molecule has 8 rings (SSSR count). The highest BCUT2D eigenvalue weighted by atomic mass is 32.2. The van der Waals surface area contributed by atoms with Crippen molar-refractivity contribution < 1.29 is 78.8 Å². The average Bonchev–Trinajstić information content (AvgIpc) is 3.81. The van der Waals surface area contributed by atoms with Gasteiger partial charge in [0.05, 0.1) is 47.4 Å². The van der Waals surface area contributed by atoms with Crippen LogP contribution in [0.1, 0.15) is 83.7 Å². The average molecular weight is 1110 g/mol. The third kappa shape index (κ3) is 12.0. The number of rotatable bonds is 16. The lowest BCUT2D eigenvalue weighted by molar-refractivity contribution is -0.120. The Hall–Kier alpha value is -5.39. The van der Waals surface area contributed by atoms with Gasteiger partial charge in [-0.3, -0.25) is 23.6 Å². The first-order chi connectivity index (χ1) is 34.3. The number of anilines is 2. The topological polar surface area (TPSA) is 377 Å². The van der Waals surface area contributed by atoms with Crippen molar-refractivity contribution in [1.29, 1.82) is 0 Å². The summed E-state index contributed by atoms with van der Waals surface area (Å²) in [5.74, 6) is 5.36. The number of nitrogens with two attached hydrogens (primary N) is 1. The van der Waals surface area contributed by atoms with Crippen LogP contribution in [0.2, 0.25) is 0 Å². The number of aromatic nitrogens is 3. The molecular weight excluding hydrogens is 1050 g/mol. The Kier molecular flexibility index (Phi) is 14.8. The maximum atomic E-state index is 13.2. The monoisotopic (exact) mass is 1110 g/mol. The second-order valence-electron chi connectivity index (χ2n) is 18.9. The van der Waals surface area contributed by atoms with E-state index >= 15 is 0 Å². The summed E-state index contributed by atoms with van der Waals surface area (Å²) in [5.41, 5.74) is 8.87. The van der Waals surface area contributed by atoms with Gasteiger partial charge in [-0.05, 0) is 57.0 Å². The molecule has 2 aromatic heterocycles. The first kappa shape index (κ1) is 54.9. The van der Waals surface area contributed by atoms with Crippen LogP contribution in [0.5, 0.6) is 11.5 Å². The highest BCUT2D eigenvalue weighted by Crippen LogP contribution is 2.66. The van der Waals surface area contributed by atoms with Crippen LogP contribution in [0.3, 0.4) is 0 Å². The number of nitrogens with one attached hydrogen (secondary N) is 2. The van der Waals surface area contributed by atoms with Crippen LogP contribution in [0.25, 0.3) is 22.2 Å². The minimum atomic E-state index is -5.80. The van der Waals surface area contributed by atoms with E-state index in [1.165, 1.54) is 10.8 Å². The van der Waals surface area contributed by atoms with Gasteiger partial charge in [0, 0.05) is 63.2 Å². The van der Waals surface area contributed by atoms with Crippen LogP contribution in [0.15, 0.2) is 52.4 Å². The molecule has 5 atom stereocenters. The molecule has 2 unspecified atom stereocenters. The van der Waals surface area contributed by atoms with Crippen molar-refractivity contribution in [3.63, 3.8) is 0 Å². The van der Waals surface area contributed by atoms with Gasteiger partial charge in [0.15, 0.2) is 22.7 Å². The number of H-pyrrole nitrogens is 1. The summed E-state index contributed by atoms with van der Waals surface area (Å²) in [4.78, 5) is 77.0. The lowest BCUT2D eigenvalue weighted by Gasteiger charge is -2.43. The zero-order valence-corrected chi connectivity index (χ0v) is 44.1. The van der Waals surface area contributed by atoms with E-state index < -0.39 is 75.5 Å². The summed E-state index contributed by atoms with van der Waals surface area (Å²) < 4.78 is 97.3. The summed E-state index contributed by atoms with van der Waals surface area (Å²) in [6, 6.07) is 7.55. The number of fused-ring (bicyclic) bond motifs is 5. The number of aromatic amines is 1. The Morgan fingerprint density at radius 1 is 1.05 bits per heavy atom. The number of phosphoric acid groups is 3. The maximum Gasteiger partial charge on any atom is 0.490 e. The number of carbonyl (C=O) groups excluding carboxylic acids is 1. The molecule has 0 spiro atoms. The zero-order chi connectivity index (χ0) is 54.1. The van der Waals surface area contributed by atoms with Gasteiger partial charge in [0.2, 0.25) is 17.2 Å². The van der Waals surface area contributed by atoms with Crippen molar-refractivity contribution in [3.05, 3.63) is 80.4 Å². The fourth-order valence-corrected chi connectivity index (χ4v) is 13.3. The van der Waals surface area contributed by atoms with Crippen LogP contribution >= 0.6 is 23.5 Å². The molecule has 10 N–H and O–H groups in total. The lowest BCUT2D eigenvalue weighted by Crippen LogP contribution is -2.50. The smallest absolute Gasteiger partial charge is 0.452 e. The first-order valence-electron chi connectivity index (χ1n) is 22.8. The van der Waals surface area contributed by atoms with E-state index in [1.54, 1.807) is 18.2 Å². The van der Waals surface area contributed by atoms with Crippen LogP contribution in [-0.4, -0.2) is 113 Å². The molecule has 6 heterocycles. The highest BCUT2D eigenvalue weighted by Gasteiger charge is 2.44. The second-order valence-corrected chi connectivity index (χ2v) is 24.8. The number of amides is 1. The molecule has 398 valence electrons. The fraction of sp³-hybridized carbons (Fsp3) is 0.432. The molecule has 0 radical (unpaired) electrons. The van der Waals surface area contributed by atoms with Crippen molar-refractivity contribution in [2.24, 2.45) is 4.99 Å². The molecule has 2 aromatic carbocycles. The molecule has 4 aromatic rings. The van der Waals surface area contributed by atoms with Crippen LogP contribution in [0, 0.1) is 11.8 Å². The maximum absolute atomic E-state index is 13.2. The number of carbonyl (C=O) groups is 1. The number of allylic oxidation sites excluding steroid dienone is 1. The number of phosphoric ester groups is 1. The third-order valence-electron chi connectivity index (χ3n) is 12.5.